The van der Waals surface area contributed by atoms with E-state index in [1.54, 1.807) is 13.2 Å². The zero-order valence-corrected chi connectivity index (χ0v) is 15.3. The predicted molar refractivity (Wildman–Crippen MR) is 94.1 cm³/mol. The van der Waals surface area contributed by atoms with E-state index in [1.165, 1.54) is 13.2 Å². The second-order valence-electron chi connectivity index (χ2n) is 6.45. The first kappa shape index (κ1) is 19.6. The molecule has 1 aliphatic heterocycles. The molecule has 0 radical (unpaired) electrons. The molecular weight excluding hydrogens is 325 g/mol. The van der Waals surface area contributed by atoms with E-state index in [1.807, 2.05) is 13.0 Å². The number of hydrogen-bond acceptors (Lipinski definition) is 5. The lowest BCUT2D eigenvalue weighted by Gasteiger charge is -2.34. The third kappa shape index (κ3) is 6.26. The second-order valence-corrected chi connectivity index (χ2v) is 6.45. The zero-order chi connectivity index (χ0) is 18.2. The van der Waals surface area contributed by atoms with E-state index in [0.717, 1.165) is 31.7 Å². The monoisotopic (exact) mass is 353 g/mol. The first-order chi connectivity index (χ1) is 12.0. The molecule has 1 unspecified atom stereocenters. The van der Waals surface area contributed by atoms with Crippen LogP contribution in [-0.4, -0.2) is 75.3 Å². The molecule has 1 saturated heterocycles. The maximum Gasteiger partial charge on any atom is 0.234 e. The lowest BCUT2D eigenvalue weighted by atomic mass is 10.2. The number of rotatable bonds is 8. The number of carbonyl (C=O) groups excluding carboxylic acids is 1. The summed E-state index contributed by atoms with van der Waals surface area (Å²) in [7, 11) is 3.08. The molecule has 6 nitrogen and oxygen atoms in total. The number of amides is 1. The quantitative estimate of drug-likeness (QED) is 0.759. The Morgan fingerprint density at radius 1 is 1.24 bits per heavy atom. The van der Waals surface area contributed by atoms with Crippen molar-refractivity contribution in [3.05, 3.63) is 29.6 Å². The minimum atomic E-state index is -0.333. The molecule has 2 rings (SSSR count). The third-order valence-electron chi connectivity index (χ3n) is 4.28. The van der Waals surface area contributed by atoms with Gasteiger partial charge in [-0.15, -0.1) is 0 Å². The topological polar surface area (TPSA) is 54.0 Å². The van der Waals surface area contributed by atoms with Crippen molar-refractivity contribution in [2.75, 3.05) is 53.6 Å². The minimum Gasteiger partial charge on any atom is -0.494 e. The van der Waals surface area contributed by atoms with Crippen LogP contribution in [0.5, 0.6) is 5.75 Å². The summed E-state index contributed by atoms with van der Waals surface area (Å²) in [4.78, 5) is 16.4. The van der Waals surface area contributed by atoms with Gasteiger partial charge in [-0.2, -0.15) is 0 Å². The summed E-state index contributed by atoms with van der Waals surface area (Å²) in [6.45, 7) is 6.90. The number of halogens is 1. The van der Waals surface area contributed by atoms with Crippen LogP contribution in [-0.2, 0) is 16.1 Å². The second kappa shape index (κ2) is 9.70. The third-order valence-corrected chi connectivity index (χ3v) is 4.28. The lowest BCUT2D eigenvalue weighted by molar-refractivity contribution is -0.123. The molecule has 25 heavy (non-hydrogen) atoms. The molecule has 1 aliphatic rings. The molecule has 1 amide bonds. The molecule has 1 N–H and O–H groups in total. The summed E-state index contributed by atoms with van der Waals surface area (Å²) in [6.07, 6.45) is 0. The van der Waals surface area contributed by atoms with Crippen molar-refractivity contribution in [2.45, 2.75) is 19.5 Å². The molecule has 140 valence electrons. The number of piperazine rings is 1. The summed E-state index contributed by atoms with van der Waals surface area (Å²) in [6, 6.07) is 5.09. The summed E-state index contributed by atoms with van der Waals surface area (Å²) in [5.74, 6) is -0.0435. The van der Waals surface area contributed by atoms with Crippen LogP contribution in [0.15, 0.2) is 18.2 Å². The van der Waals surface area contributed by atoms with E-state index in [0.29, 0.717) is 19.7 Å². The van der Waals surface area contributed by atoms with Crippen molar-refractivity contribution in [1.29, 1.82) is 0 Å². The van der Waals surface area contributed by atoms with Gasteiger partial charge in [0.2, 0.25) is 5.91 Å². The first-order valence-electron chi connectivity index (χ1n) is 8.57. The van der Waals surface area contributed by atoms with Crippen LogP contribution >= 0.6 is 0 Å². The van der Waals surface area contributed by atoms with Crippen LogP contribution in [0.3, 0.4) is 0 Å². The van der Waals surface area contributed by atoms with Gasteiger partial charge < -0.3 is 14.8 Å². The van der Waals surface area contributed by atoms with E-state index in [9.17, 15) is 9.18 Å². The van der Waals surface area contributed by atoms with Crippen LogP contribution in [0.25, 0.3) is 0 Å². The van der Waals surface area contributed by atoms with E-state index in [-0.39, 0.29) is 23.5 Å². The Morgan fingerprint density at radius 2 is 1.92 bits per heavy atom. The highest BCUT2D eigenvalue weighted by Crippen LogP contribution is 2.19. The molecule has 0 aromatic heterocycles. The smallest absolute Gasteiger partial charge is 0.234 e. The fraction of sp³-hybridized carbons (Fsp3) is 0.611. The summed E-state index contributed by atoms with van der Waals surface area (Å²) < 4.78 is 23.7. The number of nitrogens with one attached hydrogen (secondary N) is 1. The van der Waals surface area contributed by atoms with Crippen molar-refractivity contribution in [3.8, 4) is 5.75 Å². The fourth-order valence-corrected chi connectivity index (χ4v) is 2.99. The Kier molecular flexibility index (Phi) is 7.61. The molecule has 0 bridgehead atoms. The summed E-state index contributed by atoms with van der Waals surface area (Å²) >= 11 is 0. The normalized spacial score (nSPS) is 17.3. The highest BCUT2D eigenvalue weighted by molar-refractivity contribution is 5.78. The molecule has 0 spiro atoms. The molecule has 1 aromatic carbocycles. The number of ether oxygens (including phenoxy) is 2. The standard InChI is InChI=1S/C18H28FN3O3/c1-14(13-24-2)20-18(23)12-22-8-6-21(7-9-22)11-15-4-5-17(25-3)16(19)10-15/h4-5,10,14H,6-9,11-13H2,1-3H3,(H,20,23). The number of hydrogen-bond donors (Lipinski definition) is 1. The SMILES string of the molecule is COCC(C)NC(=O)CN1CCN(Cc2ccc(OC)c(F)c2)CC1. The van der Waals surface area contributed by atoms with Crippen molar-refractivity contribution >= 4 is 5.91 Å². The molecular formula is C18H28FN3O3. The van der Waals surface area contributed by atoms with Crippen LogP contribution in [0.1, 0.15) is 12.5 Å². The molecule has 7 heteroatoms. The maximum atomic E-state index is 13.8. The van der Waals surface area contributed by atoms with Gasteiger partial charge in [-0.05, 0) is 24.6 Å². The highest BCUT2D eigenvalue weighted by atomic mass is 19.1. The Balaban J connectivity index is 1.74. The fourth-order valence-electron chi connectivity index (χ4n) is 2.99. The number of methoxy groups -OCH3 is 2. The van der Waals surface area contributed by atoms with E-state index < -0.39 is 0 Å². The van der Waals surface area contributed by atoms with E-state index in [4.69, 9.17) is 9.47 Å². The lowest BCUT2D eigenvalue weighted by Crippen LogP contribution is -2.50. The summed E-state index contributed by atoms with van der Waals surface area (Å²) in [5, 5.41) is 2.92. The van der Waals surface area contributed by atoms with Gasteiger partial charge in [-0.3, -0.25) is 14.6 Å². The molecule has 1 heterocycles. The average Bonchev–Trinajstić information content (AvgIpc) is 2.57. The van der Waals surface area contributed by atoms with E-state index >= 15 is 0 Å². The molecule has 1 fully saturated rings. The number of nitrogens with zero attached hydrogens (tertiary/aromatic N) is 2. The van der Waals surface area contributed by atoms with Gasteiger partial charge in [0.1, 0.15) is 0 Å². The molecule has 1 aromatic rings. The van der Waals surface area contributed by atoms with Crippen molar-refractivity contribution in [2.24, 2.45) is 0 Å². The average molecular weight is 353 g/mol. The van der Waals surface area contributed by atoms with Crippen LogP contribution in [0.4, 0.5) is 4.39 Å². The predicted octanol–water partition coefficient (Wildman–Crippen LogP) is 1.10. The Morgan fingerprint density at radius 3 is 2.52 bits per heavy atom. The van der Waals surface area contributed by atoms with Crippen molar-refractivity contribution in [1.82, 2.24) is 15.1 Å². The van der Waals surface area contributed by atoms with Crippen LogP contribution in [0.2, 0.25) is 0 Å². The molecule has 0 aliphatic carbocycles. The van der Waals surface area contributed by atoms with Gasteiger partial charge in [0.25, 0.3) is 0 Å². The highest BCUT2D eigenvalue weighted by Gasteiger charge is 2.20. The summed E-state index contributed by atoms with van der Waals surface area (Å²) in [5.41, 5.74) is 0.929. The van der Waals surface area contributed by atoms with Gasteiger partial charge in [-0.25, -0.2) is 4.39 Å². The van der Waals surface area contributed by atoms with Gasteiger partial charge in [-0.1, -0.05) is 6.07 Å². The Labute approximate surface area is 148 Å². The Bertz CT molecular complexity index is 562. The largest absolute Gasteiger partial charge is 0.494 e. The van der Waals surface area contributed by atoms with Crippen molar-refractivity contribution < 1.29 is 18.7 Å². The number of benzene rings is 1. The van der Waals surface area contributed by atoms with Crippen LogP contribution in [0, 0.1) is 5.82 Å². The Hall–Kier alpha value is -1.70. The van der Waals surface area contributed by atoms with Crippen LogP contribution < -0.4 is 10.1 Å². The van der Waals surface area contributed by atoms with Gasteiger partial charge in [0, 0.05) is 45.9 Å². The molecule has 1 atom stereocenters. The van der Waals surface area contributed by atoms with E-state index in [2.05, 4.69) is 15.1 Å². The zero-order valence-electron chi connectivity index (χ0n) is 15.3. The minimum absolute atomic E-state index is 0.0174. The van der Waals surface area contributed by atoms with Gasteiger partial charge >= 0.3 is 0 Å². The first-order valence-corrected chi connectivity index (χ1v) is 8.57. The van der Waals surface area contributed by atoms with Crippen molar-refractivity contribution in [3.63, 3.8) is 0 Å². The number of carbonyl (C=O) groups is 1. The maximum absolute atomic E-state index is 13.8. The van der Waals surface area contributed by atoms with Gasteiger partial charge in [0.15, 0.2) is 11.6 Å². The molecule has 0 saturated carbocycles. The van der Waals surface area contributed by atoms with Gasteiger partial charge in [0.05, 0.1) is 20.3 Å².